The first-order valence-corrected chi connectivity index (χ1v) is 6.76. The maximum absolute atomic E-state index is 11.5. The van der Waals surface area contributed by atoms with Crippen LogP contribution in [0.3, 0.4) is 0 Å². The van der Waals surface area contributed by atoms with E-state index >= 15 is 0 Å². The van der Waals surface area contributed by atoms with E-state index in [9.17, 15) is 14.4 Å². The molecular weight excluding hydrogens is 360 g/mol. The second-order valence-corrected chi connectivity index (χ2v) is 5.03. The van der Waals surface area contributed by atoms with Crippen LogP contribution in [0.1, 0.15) is 5.56 Å². The Labute approximate surface area is 133 Å². The average Bonchev–Trinajstić information content (AvgIpc) is 2.76. The molecule has 1 aromatic rings. The van der Waals surface area contributed by atoms with Crippen molar-refractivity contribution in [1.29, 1.82) is 0 Å². The van der Waals surface area contributed by atoms with Gasteiger partial charge >= 0.3 is 12.0 Å². The summed E-state index contributed by atoms with van der Waals surface area (Å²) in [7, 11) is 1.40. The van der Waals surface area contributed by atoms with Crippen LogP contribution in [0.5, 0.6) is 11.5 Å². The van der Waals surface area contributed by atoms with Crippen LogP contribution in [-0.4, -0.2) is 36.7 Å². The summed E-state index contributed by atoms with van der Waals surface area (Å²) in [6.07, 6.45) is 1.45. The Hall–Kier alpha value is -2.55. The van der Waals surface area contributed by atoms with E-state index in [1.807, 2.05) is 0 Å². The van der Waals surface area contributed by atoms with Gasteiger partial charge in [0, 0.05) is 4.47 Å². The number of nitrogens with one attached hydrogen (secondary N) is 2. The quantitative estimate of drug-likeness (QED) is 0.528. The van der Waals surface area contributed by atoms with Gasteiger partial charge in [0.25, 0.3) is 5.91 Å². The Bertz CT molecular complexity index is 685. The van der Waals surface area contributed by atoms with E-state index in [4.69, 9.17) is 14.6 Å². The molecule has 116 valence electrons. The van der Waals surface area contributed by atoms with Crippen molar-refractivity contribution in [2.75, 3.05) is 13.7 Å². The van der Waals surface area contributed by atoms with Gasteiger partial charge in [0.15, 0.2) is 18.1 Å². The van der Waals surface area contributed by atoms with Crippen LogP contribution in [0, 0.1) is 0 Å². The van der Waals surface area contributed by atoms with Gasteiger partial charge in [0.05, 0.1) is 7.11 Å². The molecule has 0 atom stereocenters. The number of aliphatic carboxylic acids is 1. The topological polar surface area (TPSA) is 114 Å². The Morgan fingerprint density at radius 1 is 1.32 bits per heavy atom. The minimum absolute atomic E-state index is 0.0898. The molecule has 0 saturated carbocycles. The number of imide groups is 1. The molecule has 1 aromatic carbocycles. The summed E-state index contributed by atoms with van der Waals surface area (Å²) in [5.74, 6) is -1.13. The number of ether oxygens (including phenoxy) is 2. The molecule has 2 rings (SSSR count). The van der Waals surface area contributed by atoms with Crippen molar-refractivity contribution in [3.05, 3.63) is 27.9 Å². The molecule has 1 fully saturated rings. The van der Waals surface area contributed by atoms with E-state index < -0.39 is 24.5 Å². The Morgan fingerprint density at radius 2 is 2.05 bits per heavy atom. The summed E-state index contributed by atoms with van der Waals surface area (Å²) in [5, 5.41) is 13.1. The second kappa shape index (κ2) is 6.48. The molecule has 8 nitrogen and oxygen atoms in total. The van der Waals surface area contributed by atoms with E-state index in [-0.39, 0.29) is 11.4 Å². The largest absolute Gasteiger partial charge is 0.493 e. The lowest BCUT2D eigenvalue weighted by Crippen LogP contribution is -2.22. The maximum atomic E-state index is 11.5. The Balaban J connectivity index is 2.34. The molecule has 0 spiro atoms. The highest BCUT2D eigenvalue weighted by molar-refractivity contribution is 9.10. The molecule has 0 aliphatic carbocycles. The molecule has 0 unspecified atom stereocenters. The van der Waals surface area contributed by atoms with Crippen LogP contribution in [0.25, 0.3) is 6.08 Å². The first-order valence-electron chi connectivity index (χ1n) is 5.97. The minimum Gasteiger partial charge on any atom is -0.493 e. The predicted molar refractivity (Wildman–Crippen MR) is 78.5 cm³/mol. The molecule has 0 radical (unpaired) electrons. The fourth-order valence-corrected chi connectivity index (χ4v) is 2.15. The number of carboxylic acid groups (broad SMARTS) is 1. The average molecular weight is 371 g/mol. The first-order chi connectivity index (χ1) is 10.4. The van der Waals surface area contributed by atoms with Crippen LogP contribution in [0.4, 0.5) is 4.79 Å². The summed E-state index contributed by atoms with van der Waals surface area (Å²) in [5.41, 5.74) is 0.638. The number of urea groups is 1. The van der Waals surface area contributed by atoms with Crippen molar-refractivity contribution in [3.8, 4) is 11.5 Å². The van der Waals surface area contributed by atoms with Crippen molar-refractivity contribution < 1.29 is 29.0 Å². The number of amides is 3. The molecule has 22 heavy (non-hydrogen) atoms. The maximum Gasteiger partial charge on any atom is 0.341 e. The summed E-state index contributed by atoms with van der Waals surface area (Å²) in [6.45, 7) is -0.512. The molecule has 1 saturated heterocycles. The summed E-state index contributed by atoms with van der Waals surface area (Å²) >= 11 is 3.29. The van der Waals surface area contributed by atoms with Gasteiger partial charge in [-0.2, -0.15) is 0 Å². The number of carbonyl (C=O) groups is 3. The number of methoxy groups -OCH3 is 1. The number of halogens is 1. The minimum atomic E-state index is -1.12. The van der Waals surface area contributed by atoms with Crippen LogP contribution < -0.4 is 20.1 Å². The Kier molecular flexibility index (Phi) is 4.66. The monoisotopic (exact) mass is 370 g/mol. The van der Waals surface area contributed by atoms with E-state index in [0.717, 1.165) is 0 Å². The van der Waals surface area contributed by atoms with Crippen LogP contribution in [-0.2, 0) is 9.59 Å². The van der Waals surface area contributed by atoms with Gasteiger partial charge in [0.2, 0.25) is 0 Å². The lowest BCUT2D eigenvalue weighted by molar-refractivity contribution is -0.139. The molecule has 1 aliphatic heterocycles. The predicted octanol–water partition coefficient (Wildman–Crippen LogP) is 1.10. The van der Waals surface area contributed by atoms with Gasteiger partial charge in [-0.3, -0.25) is 10.1 Å². The van der Waals surface area contributed by atoms with Crippen LogP contribution in [0.2, 0.25) is 0 Å². The zero-order valence-corrected chi connectivity index (χ0v) is 12.9. The molecule has 0 bridgehead atoms. The third-order valence-corrected chi connectivity index (χ3v) is 3.34. The van der Waals surface area contributed by atoms with Gasteiger partial charge in [-0.1, -0.05) is 15.9 Å². The fraction of sp³-hybridized carbons (Fsp3) is 0.154. The summed E-state index contributed by atoms with van der Waals surface area (Å²) in [6, 6.07) is 2.47. The normalized spacial score (nSPS) is 15.5. The number of carboxylic acids is 1. The number of hydrogen-bond acceptors (Lipinski definition) is 5. The fourth-order valence-electron chi connectivity index (χ4n) is 1.71. The highest BCUT2D eigenvalue weighted by Gasteiger charge is 2.23. The van der Waals surface area contributed by atoms with Crippen molar-refractivity contribution in [1.82, 2.24) is 10.6 Å². The highest BCUT2D eigenvalue weighted by Crippen LogP contribution is 2.34. The zero-order valence-electron chi connectivity index (χ0n) is 11.3. The van der Waals surface area contributed by atoms with Crippen molar-refractivity contribution in [3.63, 3.8) is 0 Å². The van der Waals surface area contributed by atoms with E-state index in [0.29, 0.717) is 15.8 Å². The van der Waals surface area contributed by atoms with Crippen LogP contribution in [0.15, 0.2) is 22.3 Å². The third kappa shape index (κ3) is 3.55. The first kappa shape index (κ1) is 15.8. The number of carbonyl (C=O) groups excluding carboxylic acids is 2. The SMILES string of the molecule is COc1cc(/C=C2\NC(=O)NC2=O)c(Br)cc1OCC(=O)O. The summed E-state index contributed by atoms with van der Waals surface area (Å²) in [4.78, 5) is 33.1. The standard InChI is InChI=1S/C13H11BrN2O6/c1-21-9-3-6(2-8-12(19)16-13(20)15-8)7(14)4-10(9)22-5-11(17)18/h2-4H,5H2,1H3,(H,17,18)(H2,15,16,19,20)/b8-2-. The van der Waals surface area contributed by atoms with E-state index in [1.165, 1.54) is 19.3 Å². The summed E-state index contributed by atoms with van der Waals surface area (Å²) < 4.78 is 10.8. The molecule has 1 aliphatic rings. The number of rotatable bonds is 5. The van der Waals surface area contributed by atoms with Gasteiger partial charge in [-0.15, -0.1) is 0 Å². The van der Waals surface area contributed by atoms with Crippen molar-refractivity contribution in [2.45, 2.75) is 0 Å². The molecule has 9 heteroatoms. The number of hydrogen-bond donors (Lipinski definition) is 3. The van der Waals surface area contributed by atoms with Crippen molar-refractivity contribution in [2.24, 2.45) is 0 Å². The smallest absolute Gasteiger partial charge is 0.341 e. The lowest BCUT2D eigenvalue weighted by atomic mass is 10.1. The number of benzene rings is 1. The van der Waals surface area contributed by atoms with Gasteiger partial charge < -0.3 is 19.9 Å². The van der Waals surface area contributed by atoms with E-state index in [2.05, 4.69) is 26.6 Å². The molecule has 1 heterocycles. The molecule has 0 aromatic heterocycles. The van der Waals surface area contributed by atoms with Gasteiger partial charge in [-0.25, -0.2) is 9.59 Å². The molecular formula is C13H11BrN2O6. The van der Waals surface area contributed by atoms with Crippen LogP contribution >= 0.6 is 15.9 Å². The van der Waals surface area contributed by atoms with Crippen molar-refractivity contribution >= 4 is 39.9 Å². The van der Waals surface area contributed by atoms with E-state index in [1.54, 1.807) is 6.07 Å². The van der Waals surface area contributed by atoms with Gasteiger partial charge in [0.1, 0.15) is 5.70 Å². The Morgan fingerprint density at radius 3 is 2.59 bits per heavy atom. The third-order valence-electron chi connectivity index (χ3n) is 2.65. The highest BCUT2D eigenvalue weighted by atomic mass is 79.9. The lowest BCUT2D eigenvalue weighted by Gasteiger charge is -2.11. The molecule has 3 amide bonds. The zero-order chi connectivity index (χ0) is 16.3. The second-order valence-electron chi connectivity index (χ2n) is 4.17. The van der Waals surface area contributed by atoms with Gasteiger partial charge in [-0.05, 0) is 23.8 Å². The molecule has 3 N–H and O–H groups in total.